The Hall–Kier alpha value is -4.80. The van der Waals surface area contributed by atoms with Gasteiger partial charge in [-0.1, -0.05) is 6.07 Å². The van der Waals surface area contributed by atoms with Gasteiger partial charge in [0.05, 0.1) is 52.1 Å². The number of aromatic nitrogens is 1. The molecule has 2 aromatic carbocycles. The Morgan fingerprint density at radius 3 is 2.34 bits per heavy atom. The first-order valence-electron chi connectivity index (χ1n) is 13.1. The van der Waals surface area contributed by atoms with Crippen LogP contribution < -0.4 is 40.3 Å². The highest BCUT2D eigenvalue weighted by Gasteiger charge is 2.29. The molecule has 1 aliphatic carbocycles. The largest absolute Gasteiger partial charge is 0.493 e. The molecule has 0 spiro atoms. The number of hydrogen-bond donors (Lipinski definition) is 3. The molecule has 3 N–H and O–H groups in total. The highest BCUT2D eigenvalue weighted by molar-refractivity contribution is 5.96. The van der Waals surface area contributed by atoms with E-state index >= 15 is 0 Å². The summed E-state index contributed by atoms with van der Waals surface area (Å²) in [6, 6.07) is 8.93. The van der Waals surface area contributed by atoms with Crippen LogP contribution in [0.3, 0.4) is 0 Å². The second-order valence-electron chi connectivity index (χ2n) is 9.54. The Morgan fingerprint density at radius 1 is 0.976 bits per heavy atom. The number of rotatable bonds is 9. The lowest BCUT2D eigenvalue weighted by Gasteiger charge is -2.19. The molecule has 0 radical (unpaired) electrons. The molecular formula is C30H34N4O7. The van der Waals surface area contributed by atoms with Crippen molar-refractivity contribution in [1.29, 1.82) is 0 Å². The number of hydrogen-bond acceptors (Lipinski definition) is 9. The molecule has 2 atom stereocenters. The van der Waals surface area contributed by atoms with Gasteiger partial charge >= 0.3 is 0 Å². The van der Waals surface area contributed by atoms with E-state index in [2.05, 4.69) is 20.9 Å². The van der Waals surface area contributed by atoms with Gasteiger partial charge in [0.15, 0.2) is 11.5 Å². The number of amides is 2. The zero-order valence-electron chi connectivity index (χ0n) is 23.9. The van der Waals surface area contributed by atoms with Gasteiger partial charge in [-0.3, -0.25) is 14.4 Å². The summed E-state index contributed by atoms with van der Waals surface area (Å²) >= 11 is 0. The van der Waals surface area contributed by atoms with Gasteiger partial charge in [-0.15, -0.1) is 0 Å². The average molecular weight is 563 g/mol. The minimum Gasteiger partial charge on any atom is -0.493 e. The van der Waals surface area contributed by atoms with Gasteiger partial charge in [0, 0.05) is 18.6 Å². The Kier molecular flexibility index (Phi) is 8.96. The van der Waals surface area contributed by atoms with Crippen LogP contribution in [0.4, 0.5) is 11.4 Å². The van der Waals surface area contributed by atoms with Gasteiger partial charge in [-0.25, -0.2) is 4.98 Å². The Labute approximate surface area is 238 Å². The fraction of sp³-hybridized carbons (Fsp3) is 0.333. The summed E-state index contributed by atoms with van der Waals surface area (Å²) < 4.78 is 22.1. The molecule has 2 amide bonds. The number of ether oxygens (including phenoxy) is 4. The number of pyridine rings is 1. The van der Waals surface area contributed by atoms with E-state index in [0.29, 0.717) is 52.8 Å². The molecule has 0 saturated carbocycles. The first-order valence-corrected chi connectivity index (χ1v) is 13.1. The SMILES string of the molecule is COc1ccc(NC(=O)C(C)Nc2ccc3c(cc2=O)C(NC(C)=O)CCc2cc(OC)c(OC)c(OC)c2-3)cn1. The monoisotopic (exact) mass is 562 g/mol. The summed E-state index contributed by atoms with van der Waals surface area (Å²) in [5, 5.41) is 8.78. The van der Waals surface area contributed by atoms with Crippen LogP contribution in [0.25, 0.3) is 11.1 Å². The fourth-order valence-corrected chi connectivity index (χ4v) is 4.95. The predicted molar refractivity (Wildman–Crippen MR) is 155 cm³/mol. The number of fused-ring (bicyclic) bond motifs is 3. The van der Waals surface area contributed by atoms with Gasteiger partial charge in [-0.2, -0.15) is 0 Å². The third kappa shape index (κ3) is 6.19. The molecule has 11 heteroatoms. The van der Waals surface area contributed by atoms with E-state index in [1.807, 2.05) is 6.07 Å². The molecule has 11 nitrogen and oxygen atoms in total. The highest BCUT2D eigenvalue weighted by Crippen LogP contribution is 2.50. The van der Waals surface area contributed by atoms with E-state index in [4.69, 9.17) is 18.9 Å². The topological polar surface area (TPSA) is 137 Å². The van der Waals surface area contributed by atoms with Crippen molar-refractivity contribution < 1.29 is 28.5 Å². The molecule has 0 saturated heterocycles. The predicted octanol–water partition coefficient (Wildman–Crippen LogP) is 3.71. The average Bonchev–Trinajstić information content (AvgIpc) is 3.20. The number of methoxy groups -OCH3 is 4. The summed E-state index contributed by atoms with van der Waals surface area (Å²) in [7, 11) is 6.13. The van der Waals surface area contributed by atoms with E-state index in [1.165, 1.54) is 33.4 Å². The van der Waals surface area contributed by atoms with Crippen molar-refractivity contribution in [3.8, 4) is 34.3 Å². The van der Waals surface area contributed by atoms with Gasteiger partial charge < -0.3 is 34.9 Å². The molecule has 2 unspecified atom stereocenters. The Morgan fingerprint density at radius 2 is 1.73 bits per heavy atom. The van der Waals surface area contributed by atoms with Crippen LogP contribution in [0.15, 0.2) is 47.4 Å². The summed E-state index contributed by atoms with van der Waals surface area (Å²) in [6.07, 6.45) is 2.61. The number of carbonyl (C=O) groups is 2. The second kappa shape index (κ2) is 12.6. The lowest BCUT2D eigenvalue weighted by molar-refractivity contribution is -0.119. The molecule has 1 heterocycles. The first-order chi connectivity index (χ1) is 19.7. The minimum absolute atomic E-state index is 0.218. The summed E-state index contributed by atoms with van der Waals surface area (Å²) in [6.45, 7) is 3.09. The number of anilines is 2. The lowest BCUT2D eigenvalue weighted by Crippen LogP contribution is -2.33. The fourth-order valence-electron chi connectivity index (χ4n) is 4.95. The highest BCUT2D eigenvalue weighted by atomic mass is 16.5. The molecule has 1 aromatic heterocycles. The zero-order valence-corrected chi connectivity index (χ0v) is 23.9. The number of nitrogens with zero attached hydrogens (tertiary/aromatic N) is 1. The van der Waals surface area contributed by atoms with E-state index < -0.39 is 12.1 Å². The van der Waals surface area contributed by atoms with E-state index in [-0.39, 0.29) is 22.9 Å². The van der Waals surface area contributed by atoms with Crippen molar-refractivity contribution in [2.24, 2.45) is 0 Å². The van der Waals surface area contributed by atoms with Crippen LogP contribution >= 0.6 is 0 Å². The van der Waals surface area contributed by atoms with Crippen LogP contribution in [0.2, 0.25) is 0 Å². The molecule has 0 fully saturated rings. The zero-order chi connectivity index (χ0) is 29.7. The van der Waals surface area contributed by atoms with Crippen molar-refractivity contribution in [3.05, 3.63) is 63.9 Å². The quantitative estimate of drug-likeness (QED) is 0.356. The maximum Gasteiger partial charge on any atom is 0.246 e. The van der Waals surface area contributed by atoms with Crippen LogP contribution in [0, 0.1) is 0 Å². The third-order valence-corrected chi connectivity index (χ3v) is 6.89. The van der Waals surface area contributed by atoms with Crippen molar-refractivity contribution >= 4 is 23.2 Å². The van der Waals surface area contributed by atoms with Crippen LogP contribution in [0.5, 0.6) is 23.1 Å². The van der Waals surface area contributed by atoms with E-state index in [0.717, 1.165) is 11.1 Å². The molecular weight excluding hydrogens is 528 g/mol. The molecule has 1 aliphatic rings. The normalized spacial score (nSPS) is 14.3. The van der Waals surface area contributed by atoms with Crippen molar-refractivity contribution in [2.45, 2.75) is 38.8 Å². The summed E-state index contributed by atoms with van der Waals surface area (Å²) in [5.41, 5.74) is 3.36. The smallest absolute Gasteiger partial charge is 0.246 e. The maximum atomic E-state index is 13.5. The standard InChI is InChI=1S/C30H34N4O7/c1-16(30(37)34-19-8-12-26(39-4)31-15-19)32-23-11-9-20-21(14-24(23)36)22(33-17(2)35)10-7-18-13-25(38-3)28(40-5)29(41-6)27(18)20/h8-9,11-16,22H,7,10H2,1-6H3,(H,32,36)(H,33,35)(H,34,37). The number of aryl methyl sites for hydroxylation is 1. The Bertz CT molecular complexity index is 1510. The number of benzene rings is 1. The van der Waals surface area contributed by atoms with Crippen LogP contribution in [0.1, 0.15) is 37.4 Å². The molecule has 4 rings (SSSR count). The molecule has 0 bridgehead atoms. The van der Waals surface area contributed by atoms with Crippen LogP contribution in [-0.4, -0.2) is 51.3 Å². The number of nitrogens with one attached hydrogen (secondary N) is 3. The van der Waals surface area contributed by atoms with Gasteiger partial charge in [0.1, 0.15) is 6.04 Å². The van der Waals surface area contributed by atoms with Crippen molar-refractivity contribution in [3.63, 3.8) is 0 Å². The first kappa shape index (κ1) is 29.2. The molecule has 41 heavy (non-hydrogen) atoms. The molecule has 3 aromatic rings. The minimum atomic E-state index is -0.760. The lowest BCUT2D eigenvalue weighted by atomic mass is 9.95. The van der Waals surface area contributed by atoms with Gasteiger partial charge in [-0.05, 0) is 60.7 Å². The van der Waals surface area contributed by atoms with Gasteiger partial charge in [0.25, 0.3) is 0 Å². The second-order valence-corrected chi connectivity index (χ2v) is 9.54. The van der Waals surface area contributed by atoms with Crippen molar-refractivity contribution in [1.82, 2.24) is 10.3 Å². The molecule has 216 valence electrons. The van der Waals surface area contributed by atoms with Crippen molar-refractivity contribution in [2.75, 3.05) is 39.1 Å². The van der Waals surface area contributed by atoms with Gasteiger partial charge in [0.2, 0.25) is 28.9 Å². The Balaban J connectivity index is 1.77. The third-order valence-electron chi connectivity index (χ3n) is 6.89. The van der Waals surface area contributed by atoms with E-state index in [9.17, 15) is 14.4 Å². The molecule has 0 aliphatic heterocycles. The summed E-state index contributed by atoms with van der Waals surface area (Å²) in [5.74, 6) is 1.24. The van der Waals surface area contributed by atoms with Crippen LogP contribution in [-0.2, 0) is 16.0 Å². The van der Waals surface area contributed by atoms with E-state index in [1.54, 1.807) is 45.4 Å². The number of carbonyl (C=O) groups excluding carboxylic acids is 2. The summed E-state index contributed by atoms with van der Waals surface area (Å²) in [4.78, 5) is 42.6. The maximum absolute atomic E-state index is 13.5.